The van der Waals surface area contributed by atoms with Gasteiger partial charge in [-0.15, -0.1) is 0 Å². The molecule has 0 radical (unpaired) electrons. The lowest BCUT2D eigenvalue weighted by Crippen LogP contribution is -2.28. The Labute approximate surface area is 131 Å². The van der Waals surface area contributed by atoms with E-state index in [0.717, 1.165) is 5.75 Å². The van der Waals surface area contributed by atoms with Crippen molar-refractivity contribution in [2.45, 2.75) is 19.8 Å². The van der Waals surface area contributed by atoms with Crippen LogP contribution in [0.4, 0.5) is 5.69 Å². The van der Waals surface area contributed by atoms with E-state index >= 15 is 0 Å². The average molecular weight is 298 g/mol. The first-order valence-electron chi connectivity index (χ1n) is 7.43. The molecule has 0 heterocycles. The van der Waals surface area contributed by atoms with E-state index in [1.165, 1.54) is 5.56 Å². The summed E-state index contributed by atoms with van der Waals surface area (Å²) in [4.78, 5) is 11.9. The van der Waals surface area contributed by atoms with Crippen LogP contribution >= 0.6 is 0 Å². The summed E-state index contributed by atoms with van der Waals surface area (Å²) in [5.41, 5.74) is 8.11. The number of carbonyl (C=O) groups is 1. The standard InChI is InChI=1S/C18H22N2O2/c1-13(2)14-5-9-17(10-6-14)22-12-11-20-18(21)15-3-7-16(19)8-4-15/h3-10,13H,11-12,19H2,1-2H3,(H,20,21). The van der Waals surface area contributed by atoms with Crippen molar-refractivity contribution in [2.24, 2.45) is 0 Å². The van der Waals surface area contributed by atoms with Gasteiger partial charge in [-0.2, -0.15) is 0 Å². The average Bonchev–Trinajstić information content (AvgIpc) is 2.52. The second kappa shape index (κ2) is 7.50. The van der Waals surface area contributed by atoms with E-state index in [1.54, 1.807) is 24.3 Å². The van der Waals surface area contributed by atoms with Gasteiger partial charge >= 0.3 is 0 Å². The predicted octanol–water partition coefficient (Wildman–Crippen LogP) is 3.20. The molecular weight excluding hydrogens is 276 g/mol. The molecule has 2 aromatic rings. The molecule has 1 amide bonds. The Kier molecular flexibility index (Phi) is 5.42. The maximum absolute atomic E-state index is 11.9. The van der Waals surface area contributed by atoms with Crippen molar-refractivity contribution in [3.63, 3.8) is 0 Å². The van der Waals surface area contributed by atoms with Gasteiger partial charge < -0.3 is 15.8 Å². The second-order valence-corrected chi connectivity index (χ2v) is 5.45. The molecule has 0 aliphatic carbocycles. The van der Waals surface area contributed by atoms with Crippen molar-refractivity contribution in [1.82, 2.24) is 5.32 Å². The van der Waals surface area contributed by atoms with Gasteiger partial charge in [0.2, 0.25) is 0 Å². The van der Waals surface area contributed by atoms with Crippen LogP contribution in [0, 0.1) is 0 Å². The van der Waals surface area contributed by atoms with Crippen LogP contribution in [0.15, 0.2) is 48.5 Å². The van der Waals surface area contributed by atoms with Gasteiger partial charge in [0, 0.05) is 11.3 Å². The Bertz CT molecular complexity index is 604. The second-order valence-electron chi connectivity index (χ2n) is 5.45. The number of benzene rings is 2. The van der Waals surface area contributed by atoms with Crippen LogP contribution in [0.2, 0.25) is 0 Å². The molecule has 22 heavy (non-hydrogen) atoms. The molecule has 0 saturated heterocycles. The monoisotopic (exact) mass is 298 g/mol. The minimum absolute atomic E-state index is 0.126. The third-order valence-electron chi connectivity index (χ3n) is 3.38. The number of hydrogen-bond acceptors (Lipinski definition) is 3. The van der Waals surface area contributed by atoms with Crippen molar-refractivity contribution >= 4 is 11.6 Å². The molecule has 2 rings (SSSR count). The molecule has 0 aliphatic rings. The molecule has 116 valence electrons. The number of amides is 1. The van der Waals surface area contributed by atoms with Gasteiger partial charge in [-0.3, -0.25) is 4.79 Å². The summed E-state index contributed by atoms with van der Waals surface area (Å²) >= 11 is 0. The van der Waals surface area contributed by atoms with Crippen LogP contribution in [0.3, 0.4) is 0 Å². The number of nitrogens with one attached hydrogen (secondary N) is 1. The van der Waals surface area contributed by atoms with Crippen LogP contribution < -0.4 is 15.8 Å². The summed E-state index contributed by atoms with van der Waals surface area (Å²) in [5, 5.41) is 2.81. The van der Waals surface area contributed by atoms with Crippen LogP contribution in [0.1, 0.15) is 35.7 Å². The van der Waals surface area contributed by atoms with Crippen LogP contribution in [-0.4, -0.2) is 19.1 Å². The topological polar surface area (TPSA) is 64.3 Å². The largest absolute Gasteiger partial charge is 0.492 e. The Balaban J connectivity index is 1.74. The Hall–Kier alpha value is -2.49. The van der Waals surface area contributed by atoms with Crippen molar-refractivity contribution in [3.05, 3.63) is 59.7 Å². The zero-order valence-electron chi connectivity index (χ0n) is 13.0. The molecule has 2 aromatic carbocycles. The number of carbonyl (C=O) groups excluding carboxylic acids is 1. The summed E-state index contributed by atoms with van der Waals surface area (Å²) in [6.07, 6.45) is 0. The van der Waals surface area contributed by atoms with E-state index in [9.17, 15) is 4.79 Å². The highest BCUT2D eigenvalue weighted by Gasteiger charge is 2.04. The number of ether oxygens (including phenoxy) is 1. The van der Waals surface area contributed by atoms with Crippen molar-refractivity contribution < 1.29 is 9.53 Å². The van der Waals surface area contributed by atoms with Crippen molar-refractivity contribution in [1.29, 1.82) is 0 Å². The molecule has 0 aromatic heterocycles. The van der Waals surface area contributed by atoms with E-state index < -0.39 is 0 Å². The first-order valence-corrected chi connectivity index (χ1v) is 7.43. The lowest BCUT2D eigenvalue weighted by Gasteiger charge is -2.10. The number of anilines is 1. The molecule has 0 spiro atoms. The lowest BCUT2D eigenvalue weighted by atomic mass is 10.0. The zero-order valence-corrected chi connectivity index (χ0v) is 13.0. The maximum Gasteiger partial charge on any atom is 0.251 e. The highest BCUT2D eigenvalue weighted by atomic mass is 16.5. The Morgan fingerprint density at radius 3 is 2.32 bits per heavy atom. The minimum Gasteiger partial charge on any atom is -0.492 e. The zero-order chi connectivity index (χ0) is 15.9. The van der Waals surface area contributed by atoms with Crippen molar-refractivity contribution in [2.75, 3.05) is 18.9 Å². The Morgan fingerprint density at radius 2 is 1.73 bits per heavy atom. The van der Waals surface area contributed by atoms with Gasteiger partial charge in [-0.25, -0.2) is 0 Å². The van der Waals surface area contributed by atoms with Gasteiger partial charge in [-0.05, 0) is 47.9 Å². The SMILES string of the molecule is CC(C)c1ccc(OCCNC(=O)c2ccc(N)cc2)cc1. The van der Waals surface area contributed by atoms with E-state index in [4.69, 9.17) is 10.5 Å². The smallest absolute Gasteiger partial charge is 0.251 e. The highest BCUT2D eigenvalue weighted by Crippen LogP contribution is 2.18. The number of nitrogen functional groups attached to an aromatic ring is 1. The molecule has 0 saturated carbocycles. The Morgan fingerprint density at radius 1 is 1.09 bits per heavy atom. The fraction of sp³-hybridized carbons (Fsp3) is 0.278. The third-order valence-corrected chi connectivity index (χ3v) is 3.38. The normalized spacial score (nSPS) is 10.5. The number of hydrogen-bond donors (Lipinski definition) is 2. The number of rotatable bonds is 6. The molecule has 0 atom stereocenters. The lowest BCUT2D eigenvalue weighted by molar-refractivity contribution is 0.0947. The predicted molar refractivity (Wildman–Crippen MR) is 89.2 cm³/mol. The number of nitrogens with two attached hydrogens (primary N) is 1. The van der Waals surface area contributed by atoms with Crippen molar-refractivity contribution in [3.8, 4) is 5.75 Å². The fourth-order valence-electron chi connectivity index (χ4n) is 2.02. The maximum atomic E-state index is 11.9. The molecular formula is C18H22N2O2. The fourth-order valence-corrected chi connectivity index (χ4v) is 2.02. The van der Waals surface area contributed by atoms with Gasteiger partial charge in [0.15, 0.2) is 0 Å². The summed E-state index contributed by atoms with van der Waals surface area (Å²) in [6.45, 7) is 5.20. The summed E-state index contributed by atoms with van der Waals surface area (Å²) in [7, 11) is 0. The van der Waals surface area contributed by atoms with Gasteiger partial charge in [0.1, 0.15) is 12.4 Å². The third kappa shape index (κ3) is 4.52. The molecule has 0 unspecified atom stereocenters. The molecule has 4 nitrogen and oxygen atoms in total. The van der Waals surface area contributed by atoms with Crippen LogP contribution in [0.5, 0.6) is 5.75 Å². The minimum atomic E-state index is -0.126. The van der Waals surface area contributed by atoms with E-state index in [1.807, 2.05) is 12.1 Å². The summed E-state index contributed by atoms with van der Waals surface area (Å²) in [5.74, 6) is 1.19. The molecule has 0 aliphatic heterocycles. The van der Waals surface area contributed by atoms with E-state index in [0.29, 0.717) is 30.3 Å². The van der Waals surface area contributed by atoms with Crippen LogP contribution in [-0.2, 0) is 0 Å². The molecule has 4 heteroatoms. The van der Waals surface area contributed by atoms with Gasteiger partial charge in [0.05, 0.1) is 6.54 Å². The quantitative estimate of drug-likeness (QED) is 0.636. The molecule has 0 bridgehead atoms. The molecule has 3 N–H and O–H groups in total. The molecule has 0 fully saturated rings. The van der Waals surface area contributed by atoms with E-state index in [2.05, 4.69) is 31.3 Å². The first-order chi connectivity index (χ1) is 10.6. The highest BCUT2D eigenvalue weighted by molar-refractivity contribution is 5.94. The van der Waals surface area contributed by atoms with Gasteiger partial charge in [0.25, 0.3) is 5.91 Å². The summed E-state index contributed by atoms with van der Waals surface area (Å²) < 4.78 is 5.61. The van der Waals surface area contributed by atoms with E-state index in [-0.39, 0.29) is 5.91 Å². The van der Waals surface area contributed by atoms with Gasteiger partial charge in [-0.1, -0.05) is 26.0 Å². The first kappa shape index (κ1) is 15.9. The van der Waals surface area contributed by atoms with Crippen LogP contribution in [0.25, 0.3) is 0 Å². The summed E-state index contributed by atoms with van der Waals surface area (Å²) in [6, 6.07) is 14.9.